The first-order valence-corrected chi connectivity index (χ1v) is 9.36. The summed E-state index contributed by atoms with van der Waals surface area (Å²) in [4.78, 5) is 0. The SMILES string of the molecule is COc1ccc(N[C@H](C2CCCCC2)P(=O)(OC)OC)cc1. The van der Waals surface area contributed by atoms with Gasteiger partial charge in [0.05, 0.1) is 7.11 Å². The van der Waals surface area contributed by atoms with E-state index in [9.17, 15) is 4.57 Å². The van der Waals surface area contributed by atoms with Crippen molar-refractivity contribution in [2.24, 2.45) is 5.92 Å². The summed E-state index contributed by atoms with van der Waals surface area (Å²) in [7, 11) is 1.36. The third-order valence-electron chi connectivity index (χ3n) is 4.35. The van der Waals surface area contributed by atoms with Crippen molar-refractivity contribution >= 4 is 13.3 Å². The average Bonchev–Trinajstić information content (AvgIpc) is 2.60. The Balaban J connectivity index is 2.20. The molecule has 0 unspecified atom stereocenters. The molecular weight excluding hydrogens is 301 g/mol. The highest BCUT2D eigenvalue weighted by Crippen LogP contribution is 2.56. The summed E-state index contributed by atoms with van der Waals surface area (Å²) in [6, 6.07) is 7.60. The maximum atomic E-state index is 12.9. The fourth-order valence-electron chi connectivity index (χ4n) is 3.06. The molecule has 0 aliphatic heterocycles. The highest BCUT2D eigenvalue weighted by atomic mass is 31.2. The smallest absolute Gasteiger partial charge is 0.352 e. The highest BCUT2D eigenvalue weighted by molar-refractivity contribution is 7.54. The van der Waals surface area contributed by atoms with Crippen molar-refractivity contribution < 1.29 is 18.3 Å². The van der Waals surface area contributed by atoms with Gasteiger partial charge in [0, 0.05) is 19.9 Å². The Morgan fingerprint density at radius 3 is 2.14 bits per heavy atom. The number of hydrogen-bond donors (Lipinski definition) is 1. The zero-order valence-corrected chi connectivity index (χ0v) is 14.5. The van der Waals surface area contributed by atoms with Crippen molar-refractivity contribution in [1.29, 1.82) is 0 Å². The first kappa shape index (κ1) is 17.3. The molecule has 1 N–H and O–H groups in total. The Bertz CT molecular complexity index is 491. The molecule has 1 atom stereocenters. The largest absolute Gasteiger partial charge is 0.497 e. The van der Waals surface area contributed by atoms with Crippen LogP contribution in [0, 0.1) is 5.92 Å². The van der Waals surface area contributed by atoms with Gasteiger partial charge in [-0.2, -0.15) is 0 Å². The third-order valence-corrected chi connectivity index (χ3v) is 6.60. The molecule has 124 valence electrons. The quantitative estimate of drug-likeness (QED) is 0.747. The van der Waals surface area contributed by atoms with Crippen LogP contribution in [0.2, 0.25) is 0 Å². The summed E-state index contributed by atoms with van der Waals surface area (Å²) in [5.41, 5.74) is 0.894. The Hall–Kier alpha value is -1.03. The van der Waals surface area contributed by atoms with E-state index in [2.05, 4.69) is 5.32 Å². The van der Waals surface area contributed by atoms with Gasteiger partial charge in [0.15, 0.2) is 0 Å². The van der Waals surface area contributed by atoms with Gasteiger partial charge in [-0.05, 0) is 43.0 Å². The van der Waals surface area contributed by atoms with Gasteiger partial charge in [-0.25, -0.2) is 0 Å². The lowest BCUT2D eigenvalue weighted by Crippen LogP contribution is -2.31. The predicted octanol–water partition coefficient (Wildman–Crippen LogP) is 4.50. The normalized spacial score (nSPS) is 18.0. The monoisotopic (exact) mass is 327 g/mol. The standard InChI is InChI=1S/C16H26NO4P/c1-19-15-11-9-14(10-12-15)17-16(22(18,20-2)21-3)13-7-5-4-6-8-13/h9-13,16-17H,4-8H2,1-3H3/t16-/m0/s1. The highest BCUT2D eigenvalue weighted by Gasteiger charge is 2.40. The lowest BCUT2D eigenvalue weighted by molar-refractivity contribution is 0.244. The predicted molar refractivity (Wildman–Crippen MR) is 88.6 cm³/mol. The molecule has 1 aromatic carbocycles. The van der Waals surface area contributed by atoms with Gasteiger partial charge in [0.2, 0.25) is 0 Å². The fraction of sp³-hybridized carbons (Fsp3) is 0.625. The molecule has 0 aromatic heterocycles. The van der Waals surface area contributed by atoms with Gasteiger partial charge in [-0.15, -0.1) is 0 Å². The maximum Gasteiger partial charge on any atom is 0.352 e. The summed E-state index contributed by atoms with van der Waals surface area (Å²) in [6.45, 7) is 0. The zero-order valence-electron chi connectivity index (χ0n) is 13.6. The fourth-order valence-corrected chi connectivity index (χ4v) is 4.79. The van der Waals surface area contributed by atoms with Gasteiger partial charge < -0.3 is 19.1 Å². The molecule has 0 spiro atoms. The summed E-state index contributed by atoms with van der Waals surface area (Å²) in [5, 5.41) is 3.37. The van der Waals surface area contributed by atoms with E-state index in [4.69, 9.17) is 13.8 Å². The van der Waals surface area contributed by atoms with Gasteiger partial charge in [0.25, 0.3) is 0 Å². The first-order valence-electron chi connectivity index (χ1n) is 7.74. The van der Waals surface area contributed by atoms with Crippen molar-refractivity contribution in [1.82, 2.24) is 0 Å². The molecule has 2 rings (SSSR count). The van der Waals surface area contributed by atoms with Gasteiger partial charge in [0.1, 0.15) is 11.5 Å². The van der Waals surface area contributed by atoms with Gasteiger partial charge in [-0.3, -0.25) is 4.57 Å². The molecule has 1 aliphatic carbocycles. The zero-order chi connectivity index (χ0) is 16.0. The van der Waals surface area contributed by atoms with E-state index in [-0.39, 0.29) is 5.78 Å². The number of benzene rings is 1. The van der Waals surface area contributed by atoms with Crippen LogP contribution >= 0.6 is 7.60 Å². The average molecular weight is 327 g/mol. The van der Waals surface area contributed by atoms with Crippen LogP contribution < -0.4 is 10.1 Å². The van der Waals surface area contributed by atoms with Crippen LogP contribution in [-0.2, 0) is 13.6 Å². The summed E-state index contributed by atoms with van der Waals surface area (Å²) >= 11 is 0. The summed E-state index contributed by atoms with van der Waals surface area (Å²) < 4.78 is 28.6. The molecule has 0 radical (unpaired) electrons. The second-order valence-electron chi connectivity index (χ2n) is 5.62. The topological polar surface area (TPSA) is 56.8 Å². The van der Waals surface area contributed by atoms with Crippen molar-refractivity contribution in [2.45, 2.75) is 37.9 Å². The van der Waals surface area contributed by atoms with Crippen molar-refractivity contribution in [3.05, 3.63) is 24.3 Å². The van der Waals surface area contributed by atoms with E-state index in [0.717, 1.165) is 24.3 Å². The molecule has 22 heavy (non-hydrogen) atoms. The van der Waals surface area contributed by atoms with Crippen LogP contribution in [0.1, 0.15) is 32.1 Å². The van der Waals surface area contributed by atoms with Crippen LogP contribution in [0.4, 0.5) is 5.69 Å². The second kappa shape index (κ2) is 8.00. The van der Waals surface area contributed by atoms with E-state index in [1.807, 2.05) is 24.3 Å². The lowest BCUT2D eigenvalue weighted by Gasteiger charge is -2.34. The molecule has 6 heteroatoms. The van der Waals surface area contributed by atoms with Crippen LogP contribution in [0.3, 0.4) is 0 Å². The third kappa shape index (κ3) is 4.03. The molecule has 0 bridgehead atoms. The van der Waals surface area contributed by atoms with Crippen molar-refractivity contribution in [2.75, 3.05) is 26.6 Å². The van der Waals surface area contributed by atoms with Crippen LogP contribution in [-0.4, -0.2) is 27.1 Å². The number of ether oxygens (including phenoxy) is 1. The molecule has 1 aromatic rings. The minimum absolute atomic E-state index is 0.293. The Kier molecular flexibility index (Phi) is 6.30. The maximum absolute atomic E-state index is 12.9. The molecule has 5 nitrogen and oxygen atoms in total. The molecule has 0 saturated heterocycles. The molecule has 1 fully saturated rings. The van der Waals surface area contributed by atoms with Crippen LogP contribution in [0.5, 0.6) is 5.75 Å². The number of hydrogen-bond acceptors (Lipinski definition) is 5. The van der Waals surface area contributed by atoms with Crippen molar-refractivity contribution in [3.63, 3.8) is 0 Å². The van der Waals surface area contributed by atoms with Gasteiger partial charge >= 0.3 is 7.60 Å². The number of anilines is 1. The van der Waals surface area contributed by atoms with Gasteiger partial charge in [-0.1, -0.05) is 19.3 Å². The van der Waals surface area contributed by atoms with Crippen molar-refractivity contribution in [3.8, 4) is 5.75 Å². The molecule has 0 amide bonds. The van der Waals surface area contributed by atoms with E-state index < -0.39 is 7.60 Å². The van der Waals surface area contributed by atoms with E-state index in [1.165, 1.54) is 33.5 Å². The molecule has 0 heterocycles. The van der Waals surface area contributed by atoms with E-state index >= 15 is 0 Å². The summed E-state index contributed by atoms with van der Waals surface area (Å²) in [6.07, 6.45) is 5.67. The molecular formula is C16H26NO4P. The van der Waals surface area contributed by atoms with E-state index in [1.54, 1.807) is 7.11 Å². The lowest BCUT2D eigenvalue weighted by atomic mass is 9.89. The minimum atomic E-state index is -3.19. The van der Waals surface area contributed by atoms with Crippen LogP contribution in [0.25, 0.3) is 0 Å². The Morgan fingerprint density at radius 2 is 1.64 bits per heavy atom. The number of rotatable bonds is 7. The first-order chi connectivity index (χ1) is 10.6. The number of methoxy groups -OCH3 is 1. The second-order valence-corrected chi connectivity index (χ2v) is 7.99. The number of nitrogens with one attached hydrogen (secondary N) is 1. The minimum Gasteiger partial charge on any atom is -0.497 e. The summed E-state index contributed by atoms with van der Waals surface area (Å²) in [5.74, 6) is 0.763. The Morgan fingerprint density at radius 1 is 1.05 bits per heavy atom. The molecule has 1 aliphatic rings. The van der Waals surface area contributed by atoms with Crippen LogP contribution in [0.15, 0.2) is 24.3 Å². The van der Waals surface area contributed by atoms with E-state index in [0.29, 0.717) is 5.92 Å². The molecule has 1 saturated carbocycles. The Labute approximate surface area is 132 Å².